The van der Waals surface area contributed by atoms with Gasteiger partial charge in [0.1, 0.15) is 5.71 Å². The van der Waals surface area contributed by atoms with Crippen LogP contribution in [0.2, 0.25) is 5.02 Å². The van der Waals surface area contributed by atoms with Crippen LogP contribution in [0.5, 0.6) is 0 Å². The molecular formula is C28H18ClN3O. The Hall–Kier alpha value is -4.02. The molecule has 0 atom stereocenters. The van der Waals surface area contributed by atoms with Gasteiger partial charge in [0.25, 0.3) is 5.91 Å². The first-order chi connectivity index (χ1) is 16.2. The van der Waals surface area contributed by atoms with E-state index in [9.17, 15) is 4.79 Å². The van der Waals surface area contributed by atoms with Crippen LogP contribution >= 0.6 is 11.6 Å². The summed E-state index contributed by atoms with van der Waals surface area (Å²) in [5.41, 5.74) is 7.90. The minimum atomic E-state index is -0.181. The summed E-state index contributed by atoms with van der Waals surface area (Å²) in [6.45, 7) is 0.372. The summed E-state index contributed by atoms with van der Waals surface area (Å²) in [5.74, 6) is -0.181. The highest BCUT2D eigenvalue weighted by atomic mass is 35.5. The molecule has 0 fully saturated rings. The van der Waals surface area contributed by atoms with Crippen LogP contribution in [0.15, 0.2) is 107 Å². The molecule has 0 saturated carbocycles. The molecule has 0 bridgehead atoms. The zero-order valence-electron chi connectivity index (χ0n) is 17.6. The van der Waals surface area contributed by atoms with Crippen molar-refractivity contribution >= 4 is 34.6 Å². The number of carbonyl (C=O) groups excluding carboxylic acids is 1. The van der Waals surface area contributed by atoms with Gasteiger partial charge in [-0.3, -0.25) is 4.79 Å². The Labute approximate surface area is 196 Å². The molecule has 1 heterocycles. The fourth-order valence-electron chi connectivity index (χ4n) is 4.51. The fraction of sp³-hybridized carbons (Fsp3) is 0.0357. The van der Waals surface area contributed by atoms with Gasteiger partial charge >= 0.3 is 0 Å². The van der Waals surface area contributed by atoms with Crippen LogP contribution in [0.25, 0.3) is 11.1 Å². The van der Waals surface area contributed by atoms with E-state index >= 15 is 0 Å². The fourth-order valence-corrected chi connectivity index (χ4v) is 4.71. The smallest absolute Gasteiger partial charge is 0.279 e. The first kappa shape index (κ1) is 19.6. The van der Waals surface area contributed by atoms with E-state index in [2.05, 4.69) is 22.3 Å². The highest BCUT2D eigenvalue weighted by molar-refractivity contribution is 6.54. The molecule has 0 saturated heterocycles. The molecule has 1 amide bonds. The summed E-state index contributed by atoms with van der Waals surface area (Å²) in [7, 11) is 0. The molecule has 4 aromatic rings. The molecule has 158 valence electrons. The van der Waals surface area contributed by atoms with E-state index in [0.717, 1.165) is 44.8 Å². The Morgan fingerprint density at radius 3 is 1.79 bits per heavy atom. The number of benzene rings is 4. The van der Waals surface area contributed by atoms with Gasteiger partial charge in [0.05, 0.1) is 12.2 Å². The highest BCUT2D eigenvalue weighted by Gasteiger charge is 2.34. The average Bonchev–Trinajstić information content (AvgIpc) is 3.31. The Morgan fingerprint density at radius 2 is 1.12 bits per heavy atom. The van der Waals surface area contributed by atoms with Crippen molar-refractivity contribution in [2.24, 2.45) is 10.2 Å². The van der Waals surface area contributed by atoms with Gasteiger partial charge < -0.3 is 4.90 Å². The van der Waals surface area contributed by atoms with Crippen molar-refractivity contribution in [1.82, 2.24) is 0 Å². The maximum Gasteiger partial charge on any atom is 0.279 e. The third kappa shape index (κ3) is 3.19. The van der Waals surface area contributed by atoms with E-state index in [4.69, 9.17) is 11.6 Å². The van der Waals surface area contributed by atoms with Crippen molar-refractivity contribution in [3.8, 4) is 11.1 Å². The maximum atomic E-state index is 13.5. The molecule has 0 radical (unpaired) electrons. The molecule has 1 aliphatic carbocycles. The van der Waals surface area contributed by atoms with E-state index in [0.29, 0.717) is 17.3 Å². The topological polar surface area (TPSA) is 45.0 Å². The number of para-hydroxylation sites is 1. The van der Waals surface area contributed by atoms with Crippen molar-refractivity contribution < 1.29 is 4.79 Å². The lowest BCUT2D eigenvalue weighted by atomic mass is 10.1. The Morgan fingerprint density at radius 1 is 0.606 bits per heavy atom. The molecule has 1 aliphatic heterocycles. The van der Waals surface area contributed by atoms with Crippen LogP contribution in [0.4, 0.5) is 5.69 Å². The summed E-state index contributed by atoms with van der Waals surface area (Å²) in [6.07, 6.45) is 0. The number of rotatable bonds is 3. The first-order valence-corrected chi connectivity index (χ1v) is 11.1. The van der Waals surface area contributed by atoms with Crippen molar-refractivity contribution in [3.63, 3.8) is 0 Å². The number of nitrogens with zero attached hydrogens (tertiary/aromatic N) is 3. The summed E-state index contributed by atoms with van der Waals surface area (Å²) in [6, 6.07) is 31.5. The van der Waals surface area contributed by atoms with Gasteiger partial charge in [-0.25, -0.2) is 0 Å². The van der Waals surface area contributed by atoms with Gasteiger partial charge in [0.15, 0.2) is 5.71 Å². The third-order valence-corrected chi connectivity index (χ3v) is 6.46. The molecule has 33 heavy (non-hydrogen) atoms. The minimum Gasteiger partial charge on any atom is -0.302 e. The SMILES string of the molecule is O=C1/C(=N/N=C2c3ccccc3-c3ccccc32)c2ccccc2N1Cc1ccccc1Cl. The number of anilines is 1. The van der Waals surface area contributed by atoms with Gasteiger partial charge in [0, 0.05) is 21.7 Å². The molecule has 5 heteroatoms. The number of hydrogen-bond acceptors (Lipinski definition) is 3. The van der Waals surface area contributed by atoms with Crippen molar-refractivity contribution in [3.05, 3.63) is 124 Å². The van der Waals surface area contributed by atoms with Gasteiger partial charge in [0.2, 0.25) is 0 Å². The van der Waals surface area contributed by atoms with Gasteiger partial charge in [-0.1, -0.05) is 96.5 Å². The van der Waals surface area contributed by atoms with E-state index in [1.54, 1.807) is 4.90 Å². The Balaban J connectivity index is 1.44. The Kier molecular flexibility index (Phi) is 4.67. The number of hydrogen-bond donors (Lipinski definition) is 0. The van der Waals surface area contributed by atoms with Crippen LogP contribution in [-0.4, -0.2) is 17.3 Å². The molecule has 0 unspecified atom stereocenters. The number of carbonyl (C=O) groups is 1. The van der Waals surface area contributed by atoms with E-state index < -0.39 is 0 Å². The standard InChI is InChI=1S/C28H18ClN3O/c29-24-15-7-1-9-18(24)17-32-25-16-8-6-14-23(25)27(28(32)33)31-30-26-21-12-4-2-10-19(21)20-11-3-5-13-22(20)26/h1-16H,17H2/b31-27+. The summed E-state index contributed by atoms with van der Waals surface area (Å²) >= 11 is 6.37. The minimum absolute atomic E-state index is 0.181. The van der Waals surface area contributed by atoms with Crippen LogP contribution < -0.4 is 4.90 Å². The molecule has 4 aromatic carbocycles. The largest absolute Gasteiger partial charge is 0.302 e. The Bertz CT molecular complexity index is 1440. The zero-order chi connectivity index (χ0) is 22.4. The molecule has 2 aliphatic rings. The quantitative estimate of drug-likeness (QED) is 0.308. The van der Waals surface area contributed by atoms with Gasteiger partial charge in [-0.05, 0) is 28.8 Å². The predicted octanol–water partition coefficient (Wildman–Crippen LogP) is 6.11. The highest BCUT2D eigenvalue weighted by Crippen LogP contribution is 2.37. The normalized spacial score (nSPS) is 14.9. The molecular weight excluding hydrogens is 430 g/mol. The second kappa shape index (κ2) is 7.84. The molecule has 0 spiro atoms. The number of fused-ring (bicyclic) bond motifs is 4. The van der Waals surface area contributed by atoms with E-state index in [1.807, 2.05) is 84.9 Å². The van der Waals surface area contributed by atoms with Crippen LogP contribution in [0.3, 0.4) is 0 Å². The summed E-state index contributed by atoms with van der Waals surface area (Å²) in [5, 5.41) is 9.78. The van der Waals surface area contributed by atoms with Gasteiger partial charge in [-0.2, -0.15) is 0 Å². The molecule has 0 N–H and O–H groups in total. The van der Waals surface area contributed by atoms with Crippen molar-refractivity contribution in [2.75, 3.05) is 4.90 Å². The van der Waals surface area contributed by atoms with E-state index in [-0.39, 0.29) is 5.91 Å². The number of amides is 1. The lowest BCUT2D eigenvalue weighted by Crippen LogP contribution is -2.29. The van der Waals surface area contributed by atoms with Crippen LogP contribution in [0, 0.1) is 0 Å². The zero-order valence-corrected chi connectivity index (χ0v) is 18.3. The van der Waals surface area contributed by atoms with E-state index in [1.165, 1.54) is 0 Å². The van der Waals surface area contributed by atoms with Crippen LogP contribution in [-0.2, 0) is 11.3 Å². The molecule has 6 rings (SSSR count). The maximum absolute atomic E-state index is 13.5. The third-order valence-electron chi connectivity index (χ3n) is 6.09. The second-order valence-corrected chi connectivity index (χ2v) is 8.40. The van der Waals surface area contributed by atoms with Crippen molar-refractivity contribution in [2.45, 2.75) is 6.54 Å². The van der Waals surface area contributed by atoms with Crippen LogP contribution in [0.1, 0.15) is 22.3 Å². The second-order valence-electron chi connectivity index (χ2n) is 7.99. The monoisotopic (exact) mass is 447 g/mol. The average molecular weight is 448 g/mol. The summed E-state index contributed by atoms with van der Waals surface area (Å²) in [4.78, 5) is 15.2. The lowest BCUT2D eigenvalue weighted by Gasteiger charge is -2.17. The molecule has 4 nitrogen and oxygen atoms in total. The summed E-state index contributed by atoms with van der Waals surface area (Å²) < 4.78 is 0. The predicted molar refractivity (Wildman–Crippen MR) is 133 cm³/mol. The number of halogens is 1. The first-order valence-electron chi connectivity index (χ1n) is 10.7. The van der Waals surface area contributed by atoms with Gasteiger partial charge in [-0.15, -0.1) is 10.2 Å². The van der Waals surface area contributed by atoms with Crippen molar-refractivity contribution in [1.29, 1.82) is 0 Å². The lowest BCUT2D eigenvalue weighted by molar-refractivity contribution is -0.112. The molecule has 0 aromatic heterocycles.